The summed E-state index contributed by atoms with van der Waals surface area (Å²) in [4.78, 5) is 14.6. The van der Waals surface area contributed by atoms with Crippen LogP contribution in [0.25, 0.3) is 0 Å². The van der Waals surface area contributed by atoms with E-state index in [9.17, 15) is 13.2 Å². The second kappa shape index (κ2) is 8.78. The number of benzene rings is 1. The molecule has 25 heavy (non-hydrogen) atoms. The second-order valence-electron chi connectivity index (χ2n) is 6.78. The molecule has 0 spiro atoms. The number of ether oxygens (including phenoxy) is 1. The van der Waals surface area contributed by atoms with Crippen LogP contribution < -0.4 is 4.72 Å². The van der Waals surface area contributed by atoms with Crippen molar-refractivity contribution in [2.24, 2.45) is 5.92 Å². The van der Waals surface area contributed by atoms with Crippen molar-refractivity contribution in [2.45, 2.75) is 32.7 Å². The van der Waals surface area contributed by atoms with Gasteiger partial charge in [0.1, 0.15) is 0 Å². The van der Waals surface area contributed by atoms with Crippen LogP contribution in [-0.4, -0.2) is 57.8 Å². The minimum Gasteiger partial charge on any atom is -0.379 e. The maximum Gasteiger partial charge on any atom is 0.227 e. The Hall–Kier alpha value is -1.44. The average molecular weight is 368 g/mol. The summed E-state index contributed by atoms with van der Waals surface area (Å²) < 4.78 is 30.6. The number of hydrogen-bond donors (Lipinski definition) is 1. The van der Waals surface area contributed by atoms with E-state index in [0.717, 1.165) is 11.8 Å². The van der Waals surface area contributed by atoms with Gasteiger partial charge in [-0.2, -0.15) is 0 Å². The zero-order valence-corrected chi connectivity index (χ0v) is 16.0. The van der Waals surface area contributed by atoms with Gasteiger partial charge in [0.15, 0.2) is 0 Å². The highest BCUT2D eigenvalue weighted by atomic mass is 32.2. The van der Waals surface area contributed by atoms with E-state index in [0.29, 0.717) is 39.1 Å². The maximum atomic E-state index is 12.8. The lowest BCUT2D eigenvalue weighted by atomic mass is 9.96. The van der Waals surface area contributed by atoms with Crippen molar-refractivity contribution in [3.8, 4) is 0 Å². The highest BCUT2D eigenvalue weighted by Gasteiger charge is 2.29. The van der Waals surface area contributed by atoms with E-state index < -0.39 is 10.0 Å². The Labute approximate surface area is 150 Å². The molecule has 0 unspecified atom stereocenters. The van der Waals surface area contributed by atoms with Crippen molar-refractivity contribution >= 4 is 15.9 Å². The molecule has 0 radical (unpaired) electrons. The Kier molecular flexibility index (Phi) is 6.98. The molecule has 0 saturated carbocycles. The number of carbonyl (C=O) groups is 1. The molecule has 1 aromatic carbocycles. The van der Waals surface area contributed by atoms with Gasteiger partial charge < -0.3 is 9.64 Å². The number of carbonyl (C=O) groups excluding carboxylic acids is 1. The Bertz CT molecular complexity index is 673. The minimum absolute atomic E-state index is 0.0156. The molecule has 1 saturated heterocycles. The van der Waals surface area contributed by atoms with Crippen LogP contribution in [0.4, 0.5) is 0 Å². The zero-order valence-electron chi connectivity index (χ0n) is 15.2. The highest BCUT2D eigenvalue weighted by Crippen LogP contribution is 2.20. The average Bonchev–Trinajstić information content (AvgIpc) is 2.71. The van der Waals surface area contributed by atoms with Crippen LogP contribution in [-0.2, 0) is 26.0 Å². The summed E-state index contributed by atoms with van der Waals surface area (Å²) >= 11 is 0. The smallest absolute Gasteiger partial charge is 0.227 e. The van der Waals surface area contributed by atoms with Gasteiger partial charge in [0.25, 0.3) is 0 Å². The number of sulfonamides is 1. The molecular formula is C18H28N2O4S. The predicted octanol–water partition coefficient (Wildman–Crippen LogP) is 1.34. The van der Waals surface area contributed by atoms with Gasteiger partial charge in [-0.3, -0.25) is 4.79 Å². The summed E-state index contributed by atoms with van der Waals surface area (Å²) in [6.45, 7) is 6.03. The molecule has 2 atom stereocenters. The Morgan fingerprint density at radius 3 is 2.64 bits per heavy atom. The molecule has 1 N–H and O–H groups in total. The van der Waals surface area contributed by atoms with Crippen LogP contribution in [0, 0.1) is 12.8 Å². The number of amides is 1. The van der Waals surface area contributed by atoms with Crippen LogP contribution >= 0.6 is 0 Å². The Balaban J connectivity index is 1.98. The second-order valence-corrected chi connectivity index (χ2v) is 8.61. The van der Waals surface area contributed by atoms with Crippen molar-refractivity contribution in [3.05, 3.63) is 35.4 Å². The van der Waals surface area contributed by atoms with Crippen molar-refractivity contribution in [3.63, 3.8) is 0 Å². The molecule has 2 rings (SSSR count). The van der Waals surface area contributed by atoms with Crippen LogP contribution in [0.5, 0.6) is 0 Å². The number of hydrogen-bond acceptors (Lipinski definition) is 4. The first kappa shape index (κ1) is 19.9. The molecule has 1 heterocycles. The lowest BCUT2D eigenvalue weighted by Gasteiger charge is -2.31. The molecule has 1 aliphatic rings. The van der Waals surface area contributed by atoms with Crippen molar-refractivity contribution in [1.82, 2.24) is 9.62 Å². The molecule has 6 nitrogen and oxygen atoms in total. The zero-order chi connectivity index (χ0) is 18.4. The first-order chi connectivity index (χ1) is 11.8. The van der Waals surface area contributed by atoms with Crippen LogP contribution in [0.3, 0.4) is 0 Å². The fourth-order valence-corrected chi connectivity index (χ4v) is 3.57. The predicted molar refractivity (Wildman–Crippen MR) is 97.8 cm³/mol. The van der Waals surface area contributed by atoms with Gasteiger partial charge >= 0.3 is 0 Å². The van der Waals surface area contributed by atoms with Gasteiger partial charge in [-0.25, -0.2) is 13.1 Å². The topological polar surface area (TPSA) is 75.7 Å². The van der Waals surface area contributed by atoms with E-state index in [2.05, 4.69) is 4.72 Å². The number of nitrogens with one attached hydrogen (secondary N) is 1. The van der Waals surface area contributed by atoms with Crippen LogP contribution in [0.15, 0.2) is 24.3 Å². The number of rotatable bonds is 6. The normalized spacial score (nSPS) is 21.8. The molecule has 140 valence electrons. The Morgan fingerprint density at radius 2 is 2.00 bits per heavy atom. The molecule has 0 bridgehead atoms. The third-order valence-electron chi connectivity index (χ3n) is 4.66. The van der Waals surface area contributed by atoms with Crippen LogP contribution in [0.1, 0.15) is 24.5 Å². The third kappa shape index (κ3) is 6.41. The summed E-state index contributed by atoms with van der Waals surface area (Å²) in [5.41, 5.74) is 2.18. The summed E-state index contributed by atoms with van der Waals surface area (Å²) in [7, 11) is -3.20. The molecule has 1 aromatic rings. The van der Waals surface area contributed by atoms with E-state index in [1.165, 1.54) is 5.56 Å². The lowest BCUT2D eigenvalue weighted by Crippen LogP contribution is -2.44. The van der Waals surface area contributed by atoms with Crippen molar-refractivity contribution < 1.29 is 17.9 Å². The first-order valence-corrected chi connectivity index (χ1v) is 10.5. The standard InChI is InChI=1S/C18H28N2O4S/c1-14-4-6-16(7-5-14)12-18(21)20-10-11-24-13-17(15(20)2)8-9-19-25(3,22)23/h4-7,15,17,19H,8-13H2,1-3H3/t15-,17+/m0/s1. The van der Waals surface area contributed by atoms with Gasteiger partial charge in [0.2, 0.25) is 15.9 Å². The fourth-order valence-electron chi connectivity index (χ4n) is 3.08. The fraction of sp³-hybridized carbons (Fsp3) is 0.611. The van der Waals surface area contributed by atoms with Gasteiger partial charge in [0, 0.05) is 25.0 Å². The summed E-state index contributed by atoms with van der Waals surface area (Å²) in [6, 6.07) is 8.01. The van der Waals surface area contributed by atoms with Crippen molar-refractivity contribution in [2.75, 3.05) is 32.6 Å². The Morgan fingerprint density at radius 1 is 1.32 bits per heavy atom. The van der Waals surface area contributed by atoms with E-state index in [1.807, 2.05) is 43.0 Å². The van der Waals surface area contributed by atoms with Crippen molar-refractivity contribution in [1.29, 1.82) is 0 Å². The molecule has 7 heteroatoms. The van der Waals surface area contributed by atoms with E-state index in [1.54, 1.807) is 0 Å². The third-order valence-corrected chi connectivity index (χ3v) is 5.39. The largest absolute Gasteiger partial charge is 0.379 e. The van der Waals surface area contributed by atoms with Gasteiger partial charge in [-0.1, -0.05) is 29.8 Å². The van der Waals surface area contributed by atoms with E-state index in [-0.39, 0.29) is 17.9 Å². The lowest BCUT2D eigenvalue weighted by molar-refractivity contribution is -0.133. The molecular weight excluding hydrogens is 340 g/mol. The monoisotopic (exact) mass is 368 g/mol. The number of aryl methyl sites for hydroxylation is 1. The summed E-state index contributed by atoms with van der Waals surface area (Å²) in [5.74, 6) is 0.196. The molecule has 1 aliphatic heterocycles. The molecule has 0 aliphatic carbocycles. The maximum absolute atomic E-state index is 12.8. The quantitative estimate of drug-likeness (QED) is 0.822. The SMILES string of the molecule is Cc1ccc(CC(=O)N2CCOC[C@@H](CCNS(C)(=O)=O)[C@@H]2C)cc1. The first-order valence-electron chi connectivity index (χ1n) is 8.63. The van der Waals surface area contributed by atoms with E-state index >= 15 is 0 Å². The summed E-state index contributed by atoms with van der Waals surface area (Å²) in [6.07, 6.45) is 2.17. The van der Waals surface area contributed by atoms with E-state index in [4.69, 9.17) is 4.74 Å². The highest BCUT2D eigenvalue weighted by molar-refractivity contribution is 7.88. The minimum atomic E-state index is -3.20. The van der Waals surface area contributed by atoms with Crippen LogP contribution in [0.2, 0.25) is 0 Å². The molecule has 1 fully saturated rings. The molecule has 1 amide bonds. The number of nitrogens with zero attached hydrogens (tertiary/aromatic N) is 1. The van der Waals surface area contributed by atoms with Gasteiger partial charge in [-0.05, 0) is 25.8 Å². The molecule has 0 aromatic heterocycles. The summed E-state index contributed by atoms with van der Waals surface area (Å²) in [5, 5.41) is 0. The van der Waals surface area contributed by atoms with Gasteiger partial charge in [-0.15, -0.1) is 0 Å². The van der Waals surface area contributed by atoms with Gasteiger partial charge in [0.05, 0.1) is 25.9 Å².